The predicted molar refractivity (Wildman–Crippen MR) is 119 cm³/mol. The summed E-state index contributed by atoms with van der Waals surface area (Å²) in [6.07, 6.45) is 1.68. The van der Waals surface area contributed by atoms with Crippen molar-refractivity contribution in [2.45, 2.75) is 13.0 Å². The number of aromatic nitrogens is 6. The molecule has 0 aliphatic rings. The summed E-state index contributed by atoms with van der Waals surface area (Å²) < 4.78 is 47.4. The molecule has 0 fully saturated rings. The number of carbonyl (C=O) groups is 2. The molecule has 184 valence electrons. The quantitative estimate of drug-likeness (QED) is 0.385. The highest BCUT2D eigenvalue weighted by atomic mass is 19.2. The van der Waals surface area contributed by atoms with Gasteiger partial charge in [-0.2, -0.15) is 8.78 Å². The van der Waals surface area contributed by atoms with Gasteiger partial charge in [-0.05, 0) is 37.3 Å². The Labute approximate surface area is 201 Å². The molecule has 0 radical (unpaired) electrons. The first-order valence-electron chi connectivity index (χ1n) is 10.3. The molecule has 2 amide bonds. The molecule has 0 aliphatic heterocycles. The van der Waals surface area contributed by atoms with Gasteiger partial charge in [-0.3, -0.25) is 15.1 Å². The average Bonchev–Trinajstić information content (AvgIpc) is 3.21. The molecule has 0 saturated heterocycles. The van der Waals surface area contributed by atoms with E-state index in [1.807, 2.05) is 0 Å². The second-order valence-electron chi connectivity index (χ2n) is 7.32. The van der Waals surface area contributed by atoms with E-state index in [9.17, 15) is 22.8 Å². The number of amides is 2. The van der Waals surface area contributed by atoms with Gasteiger partial charge in [0.05, 0.1) is 23.1 Å². The van der Waals surface area contributed by atoms with Crippen molar-refractivity contribution in [3.8, 4) is 11.4 Å². The molecule has 0 saturated carbocycles. The number of nitrogens with one attached hydrogen (secondary N) is 2. The zero-order chi connectivity index (χ0) is 25.8. The van der Waals surface area contributed by atoms with Crippen LogP contribution in [0, 0.1) is 17.7 Å². The SMILES string of the molecule is C[C@@H](OC(=O)Nc1c(-c2ccc(NC(=O)c3ccnc(F)c3F)cn2)nnn1C)c1cccnc1F. The molecule has 36 heavy (non-hydrogen) atoms. The standard InChI is InChI=1S/C22H17F3N8O3/c1-11(13-4-3-8-26-18(13)24)36-22(35)30-20-17(31-32-33(20)2)15-6-5-12(10-28-15)29-21(34)14-7-9-27-19(25)16(14)23/h3-11H,1-2H3,(H,29,34)(H,30,35)/t11-/m1/s1. The van der Waals surface area contributed by atoms with Crippen LogP contribution < -0.4 is 10.6 Å². The molecule has 1 atom stereocenters. The molecule has 4 rings (SSSR count). The fourth-order valence-electron chi connectivity index (χ4n) is 3.12. The first-order valence-corrected chi connectivity index (χ1v) is 10.3. The van der Waals surface area contributed by atoms with Gasteiger partial charge >= 0.3 is 6.09 Å². The Morgan fingerprint density at radius 1 is 1.00 bits per heavy atom. The van der Waals surface area contributed by atoms with E-state index < -0.39 is 41.4 Å². The Morgan fingerprint density at radius 3 is 2.50 bits per heavy atom. The summed E-state index contributed by atoms with van der Waals surface area (Å²) in [5, 5.41) is 12.7. The van der Waals surface area contributed by atoms with E-state index >= 15 is 0 Å². The van der Waals surface area contributed by atoms with E-state index in [1.165, 1.54) is 55.3 Å². The summed E-state index contributed by atoms with van der Waals surface area (Å²) in [6, 6.07) is 6.91. The zero-order valence-electron chi connectivity index (χ0n) is 18.7. The van der Waals surface area contributed by atoms with Crippen molar-refractivity contribution < 1.29 is 27.5 Å². The lowest BCUT2D eigenvalue weighted by Gasteiger charge is -2.14. The topological polar surface area (TPSA) is 137 Å². The highest BCUT2D eigenvalue weighted by molar-refractivity contribution is 6.04. The van der Waals surface area contributed by atoms with Gasteiger partial charge in [0.25, 0.3) is 5.91 Å². The fourth-order valence-corrected chi connectivity index (χ4v) is 3.12. The van der Waals surface area contributed by atoms with Gasteiger partial charge in [0.15, 0.2) is 17.3 Å². The van der Waals surface area contributed by atoms with Crippen LogP contribution in [0.3, 0.4) is 0 Å². The molecule has 0 unspecified atom stereocenters. The Balaban J connectivity index is 1.46. The smallest absolute Gasteiger partial charge is 0.413 e. The van der Waals surface area contributed by atoms with Gasteiger partial charge in [-0.15, -0.1) is 5.10 Å². The highest BCUT2D eigenvalue weighted by Crippen LogP contribution is 2.26. The van der Waals surface area contributed by atoms with Crippen molar-refractivity contribution in [1.82, 2.24) is 29.9 Å². The molecule has 4 heterocycles. The second-order valence-corrected chi connectivity index (χ2v) is 7.32. The van der Waals surface area contributed by atoms with Crippen LogP contribution in [0.15, 0.2) is 48.9 Å². The molecule has 4 aromatic heterocycles. The Morgan fingerprint density at radius 2 is 1.78 bits per heavy atom. The van der Waals surface area contributed by atoms with E-state index in [2.05, 4.69) is 35.9 Å². The summed E-state index contributed by atoms with van der Waals surface area (Å²) >= 11 is 0. The third-order valence-corrected chi connectivity index (χ3v) is 4.91. The number of pyridine rings is 3. The minimum absolute atomic E-state index is 0.102. The largest absolute Gasteiger partial charge is 0.441 e. The third kappa shape index (κ3) is 5.11. The molecule has 11 nitrogen and oxygen atoms in total. The lowest BCUT2D eigenvalue weighted by Crippen LogP contribution is -2.19. The fraction of sp³-hybridized carbons (Fsp3) is 0.136. The average molecular weight is 498 g/mol. The van der Waals surface area contributed by atoms with Gasteiger partial charge in [-0.1, -0.05) is 5.21 Å². The van der Waals surface area contributed by atoms with E-state index in [0.717, 1.165) is 12.3 Å². The van der Waals surface area contributed by atoms with Crippen molar-refractivity contribution in [2.75, 3.05) is 10.6 Å². The van der Waals surface area contributed by atoms with Gasteiger partial charge < -0.3 is 10.1 Å². The number of hydrogen-bond donors (Lipinski definition) is 2. The van der Waals surface area contributed by atoms with Crippen LogP contribution in [-0.2, 0) is 11.8 Å². The molecule has 14 heteroatoms. The molecule has 0 aliphatic carbocycles. The number of hydrogen-bond acceptors (Lipinski definition) is 8. The molecular formula is C22H17F3N8O3. The van der Waals surface area contributed by atoms with Crippen LogP contribution in [0.25, 0.3) is 11.4 Å². The minimum atomic E-state index is -1.39. The van der Waals surface area contributed by atoms with E-state index in [-0.39, 0.29) is 28.5 Å². The van der Waals surface area contributed by atoms with Crippen LogP contribution >= 0.6 is 0 Å². The minimum Gasteiger partial charge on any atom is -0.441 e. The van der Waals surface area contributed by atoms with Gasteiger partial charge in [0, 0.05) is 25.0 Å². The monoisotopic (exact) mass is 498 g/mol. The summed E-state index contributed by atoms with van der Waals surface area (Å²) in [4.78, 5) is 35.5. The van der Waals surface area contributed by atoms with Crippen molar-refractivity contribution in [3.05, 3.63) is 77.8 Å². The number of anilines is 2. The first kappa shape index (κ1) is 24.3. The maximum Gasteiger partial charge on any atom is 0.413 e. The second kappa shape index (κ2) is 10.2. The molecule has 4 aromatic rings. The molecule has 0 spiro atoms. The number of halogens is 3. The predicted octanol–water partition coefficient (Wildman–Crippen LogP) is 3.65. The lowest BCUT2D eigenvalue weighted by molar-refractivity contribution is 0.102. The molecule has 0 bridgehead atoms. The normalized spacial score (nSPS) is 11.6. The van der Waals surface area contributed by atoms with Gasteiger partial charge in [0.2, 0.25) is 11.9 Å². The van der Waals surface area contributed by atoms with Crippen molar-refractivity contribution in [2.24, 2.45) is 7.05 Å². The van der Waals surface area contributed by atoms with Crippen molar-refractivity contribution >= 4 is 23.5 Å². The van der Waals surface area contributed by atoms with E-state index in [1.54, 1.807) is 0 Å². The number of rotatable bonds is 6. The number of nitrogens with zero attached hydrogens (tertiary/aromatic N) is 6. The Hall–Kier alpha value is -4.88. The van der Waals surface area contributed by atoms with E-state index in [0.29, 0.717) is 0 Å². The maximum atomic E-state index is 13.8. The number of ether oxygens (including phenoxy) is 1. The van der Waals surface area contributed by atoms with Crippen LogP contribution in [-0.4, -0.2) is 41.9 Å². The maximum absolute atomic E-state index is 13.8. The summed E-state index contributed by atoms with van der Waals surface area (Å²) in [6.45, 7) is 1.49. The van der Waals surface area contributed by atoms with E-state index in [4.69, 9.17) is 4.74 Å². The summed E-state index contributed by atoms with van der Waals surface area (Å²) in [7, 11) is 1.52. The van der Waals surface area contributed by atoms with Gasteiger partial charge in [-0.25, -0.2) is 23.8 Å². The Bertz CT molecular complexity index is 1430. The van der Waals surface area contributed by atoms with Crippen LogP contribution in [0.4, 0.5) is 29.5 Å². The van der Waals surface area contributed by atoms with Crippen LogP contribution in [0.5, 0.6) is 0 Å². The Kier molecular flexibility index (Phi) is 6.85. The number of aryl methyl sites for hydroxylation is 1. The van der Waals surface area contributed by atoms with Crippen LogP contribution in [0.2, 0.25) is 0 Å². The van der Waals surface area contributed by atoms with Crippen molar-refractivity contribution in [1.29, 1.82) is 0 Å². The molecule has 0 aromatic carbocycles. The van der Waals surface area contributed by atoms with Crippen LogP contribution in [0.1, 0.15) is 28.9 Å². The highest BCUT2D eigenvalue weighted by Gasteiger charge is 2.21. The first-order chi connectivity index (χ1) is 17.2. The third-order valence-electron chi connectivity index (χ3n) is 4.91. The lowest BCUT2D eigenvalue weighted by atomic mass is 10.2. The van der Waals surface area contributed by atoms with Gasteiger partial charge in [0.1, 0.15) is 6.10 Å². The molecular weight excluding hydrogens is 481 g/mol. The summed E-state index contributed by atoms with van der Waals surface area (Å²) in [5.74, 6) is -4.28. The number of carbonyl (C=O) groups excluding carboxylic acids is 2. The summed E-state index contributed by atoms with van der Waals surface area (Å²) in [5.41, 5.74) is 0.208. The zero-order valence-corrected chi connectivity index (χ0v) is 18.7. The molecule has 2 N–H and O–H groups in total. The van der Waals surface area contributed by atoms with Crippen molar-refractivity contribution in [3.63, 3.8) is 0 Å².